The number of aromatic nitrogens is 1. The molecule has 2 rings (SSSR count). The molecule has 0 aliphatic rings. The van der Waals surface area contributed by atoms with Crippen LogP contribution in [0.1, 0.15) is 5.76 Å². The van der Waals surface area contributed by atoms with E-state index in [1.54, 1.807) is 26.1 Å². The molecule has 0 amide bonds. The fraction of sp³-hybridized carbons (Fsp3) is 0.167. The van der Waals surface area contributed by atoms with Crippen LogP contribution >= 0.6 is 11.6 Å². The molecule has 0 bridgehead atoms. The first-order valence-electron chi connectivity index (χ1n) is 5.05. The van der Waals surface area contributed by atoms with Gasteiger partial charge in [0, 0.05) is 13.1 Å². The molecule has 0 aliphatic carbocycles. The molecule has 0 aliphatic heterocycles. The summed E-state index contributed by atoms with van der Waals surface area (Å²) < 4.78 is 6.72. The molecule has 0 saturated heterocycles. The van der Waals surface area contributed by atoms with Gasteiger partial charge in [-0.1, -0.05) is 23.7 Å². The second-order valence-corrected chi connectivity index (χ2v) is 4.01. The summed E-state index contributed by atoms with van der Waals surface area (Å²) in [6, 6.07) is 8.52. The van der Waals surface area contributed by atoms with Crippen molar-refractivity contribution in [1.82, 2.24) is 4.57 Å². The van der Waals surface area contributed by atoms with Gasteiger partial charge < -0.3 is 4.42 Å². The second kappa shape index (κ2) is 4.59. The number of benzene rings is 1. The fourth-order valence-electron chi connectivity index (χ4n) is 1.35. The van der Waals surface area contributed by atoms with E-state index in [-0.39, 0.29) is 11.2 Å². The minimum Gasteiger partial charge on any atom is -0.430 e. The van der Waals surface area contributed by atoms with E-state index in [4.69, 9.17) is 16.0 Å². The highest BCUT2D eigenvalue weighted by atomic mass is 35.5. The van der Waals surface area contributed by atoms with Crippen LogP contribution in [0.4, 0.5) is 5.69 Å². The fourth-order valence-corrected chi connectivity index (χ4v) is 1.53. The molecule has 0 saturated carbocycles. The summed E-state index contributed by atoms with van der Waals surface area (Å²) >= 11 is 5.98. The lowest BCUT2D eigenvalue weighted by Gasteiger charge is -2.00. The monoisotopic (exact) mass is 250 g/mol. The first-order chi connectivity index (χ1) is 8.08. The second-order valence-electron chi connectivity index (χ2n) is 3.60. The molecule has 1 aromatic heterocycles. The largest absolute Gasteiger partial charge is 0.430 e. The summed E-state index contributed by atoms with van der Waals surface area (Å²) in [5.41, 5.74) is 0.626. The van der Waals surface area contributed by atoms with Gasteiger partial charge in [0.15, 0.2) is 0 Å². The van der Waals surface area contributed by atoms with E-state index in [0.29, 0.717) is 16.5 Å². The van der Waals surface area contributed by atoms with Crippen LogP contribution in [0.2, 0.25) is 5.02 Å². The number of para-hydroxylation sites is 1. The maximum absolute atomic E-state index is 11.5. The van der Waals surface area contributed by atoms with Gasteiger partial charge in [-0.05, 0) is 19.1 Å². The third kappa shape index (κ3) is 2.47. The van der Waals surface area contributed by atoms with E-state index in [1.165, 1.54) is 10.6 Å². The van der Waals surface area contributed by atoms with Crippen LogP contribution in [-0.4, -0.2) is 4.57 Å². The van der Waals surface area contributed by atoms with Crippen LogP contribution in [0.25, 0.3) is 0 Å². The van der Waals surface area contributed by atoms with Crippen LogP contribution in [-0.2, 0) is 7.05 Å². The van der Waals surface area contributed by atoms with Gasteiger partial charge in [-0.25, -0.2) is 0 Å². The Morgan fingerprint density at radius 1 is 1.35 bits per heavy atom. The highest BCUT2D eigenvalue weighted by Crippen LogP contribution is 2.22. The number of hydrogen-bond acceptors (Lipinski definition) is 3. The zero-order valence-corrected chi connectivity index (χ0v) is 10.2. The van der Waals surface area contributed by atoms with Crippen molar-refractivity contribution in [2.24, 2.45) is 12.0 Å². The summed E-state index contributed by atoms with van der Waals surface area (Å²) in [6.45, 7) is 1.70. The van der Waals surface area contributed by atoms with Gasteiger partial charge in [-0.15, -0.1) is 0 Å². The van der Waals surface area contributed by atoms with E-state index >= 15 is 0 Å². The Balaban J connectivity index is 2.70. The van der Waals surface area contributed by atoms with Crippen LogP contribution in [0.5, 0.6) is 0 Å². The quantitative estimate of drug-likeness (QED) is 0.779. The molecule has 2 aromatic rings. The predicted molar refractivity (Wildman–Crippen MR) is 65.4 cm³/mol. The lowest BCUT2D eigenvalue weighted by Crippen LogP contribution is -2.30. The van der Waals surface area contributed by atoms with E-state index in [0.717, 1.165) is 0 Å². The van der Waals surface area contributed by atoms with Crippen molar-refractivity contribution in [3.63, 3.8) is 0 Å². The van der Waals surface area contributed by atoms with Crippen molar-refractivity contribution < 1.29 is 4.42 Å². The Bertz CT molecular complexity index is 671. The third-order valence-corrected chi connectivity index (χ3v) is 2.58. The Hall–Kier alpha value is -1.81. The highest BCUT2D eigenvalue weighted by Gasteiger charge is 2.00. The number of aryl methyl sites for hydroxylation is 1. The smallest absolute Gasteiger partial charge is 0.304 e. The zero-order chi connectivity index (χ0) is 12.4. The summed E-state index contributed by atoms with van der Waals surface area (Å²) in [7, 11) is 1.60. The molecule has 0 fully saturated rings. The van der Waals surface area contributed by atoms with E-state index in [2.05, 4.69) is 4.99 Å². The van der Waals surface area contributed by atoms with Crippen LogP contribution in [0, 0.1) is 6.92 Å². The van der Waals surface area contributed by atoms with E-state index in [9.17, 15) is 4.79 Å². The van der Waals surface area contributed by atoms with E-state index < -0.39 is 0 Å². The summed E-state index contributed by atoms with van der Waals surface area (Å²) in [4.78, 5) is 15.8. The van der Waals surface area contributed by atoms with Crippen LogP contribution < -0.4 is 11.2 Å². The first kappa shape index (κ1) is 11.7. The SMILES string of the molecule is Cc1cc(=O)n(C)c(=Nc2ccccc2Cl)o1. The average Bonchev–Trinajstić information content (AvgIpc) is 2.28. The Morgan fingerprint density at radius 3 is 2.76 bits per heavy atom. The topological polar surface area (TPSA) is 47.5 Å². The van der Waals surface area contributed by atoms with E-state index in [1.807, 2.05) is 12.1 Å². The molecule has 17 heavy (non-hydrogen) atoms. The zero-order valence-electron chi connectivity index (χ0n) is 9.48. The lowest BCUT2D eigenvalue weighted by atomic mass is 10.3. The maximum atomic E-state index is 11.5. The molecule has 0 spiro atoms. The number of hydrogen-bond donors (Lipinski definition) is 0. The normalized spacial score (nSPS) is 11.8. The molecule has 0 radical (unpaired) electrons. The minimum atomic E-state index is -0.167. The highest BCUT2D eigenvalue weighted by molar-refractivity contribution is 6.32. The van der Waals surface area contributed by atoms with Gasteiger partial charge in [-0.3, -0.25) is 9.36 Å². The summed E-state index contributed by atoms with van der Waals surface area (Å²) in [5.74, 6) is 0.513. The molecule has 4 nitrogen and oxygen atoms in total. The van der Waals surface area contributed by atoms with Crippen molar-refractivity contribution >= 4 is 17.3 Å². The van der Waals surface area contributed by atoms with Gasteiger partial charge in [0.1, 0.15) is 5.76 Å². The molecule has 0 N–H and O–H groups in total. The Kier molecular flexibility index (Phi) is 3.15. The number of halogens is 1. The molecular formula is C12H11ClN2O2. The molecule has 0 atom stereocenters. The summed E-state index contributed by atoms with van der Waals surface area (Å²) in [5, 5.41) is 0.511. The Morgan fingerprint density at radius 2 is 2.06 bits per heavy atom. The van der Waals surface area contributed by atoms with Crippen molar-refractivity contribution in [2.45, 2.75) is 6.92 Å². The number of nitrogens with zero attached hydrogens (tertiary/aromatic N) is 2. The third-order valence-electron chi connectivity index (χ3n) is 2.27. The number of rotatable bonds is 1. The molecule has 0 unspecified atom stereocenters. The minimum absolute atomic E-state index is 0.167. The van der Waals surface area contributed by atoms with Gasteiger partial charge in [0.05, 0.1) is 10.7 Å². The molecule has 5 heteroatoms. The van der Waals surface area contributed by atoms with Gasteiger partial charge >= 0.3 is 5.68 Å². The predicted octanol–water partition coefficient (Wildman–Crippen LogP) is 2.17. The average molecular weight is 251 g/mol. The molecule has 1 heterocycles. The van der Waals surface area contributed by atoms with Crippen molar-refractivity contribution in [3.8, 4) is 0 Å². The van der Waals surface area contributed by atoms with Crippen molar-refractivity contribution in [2.75, 3.05) is 0 Å². The van der Waals surface area contributed by atoms with Crippen LogP contribution in [0.15, 0.2) is 44.5 Å². The molecular weight excluding hydrogens is 240 g/mol. The molecule has 88 valence electrons. The van der Waals surface area contributed by atoms with Gasteiger partial charge in [0.2, 0.25) is 0 Å². The van der Waals surface area contributed by atoms with Crippen LogP contribution in [0.3, 0.4) is 0 Å². The maximum Gasteiger partial charge on any atom is 0.304 e. The molecule has 1 aromatic carbocycles. The first-order valence-corrected chi connectivity index (χ1v) is 5.43. The van der Waals surface area contributed by atoms with Gasteiger partial charge in [-0.2, -0.15) is 4.99 Å². The van der Waals surface area contributed by atoms with Crippen molar-refractivity contribution in [3.05, 3.63) is 57.2 Å². The van der Waals surface area contributed by atoms with Crippen molar-refractivity contribution in [1.29, 1.82) is 0 Å². The standard InChI is InChI=1S/C12H11ClN2O2/c1-8-7-11(16)15(2)12(17-8)14-10-6-4-3-5-9(10)13/h3-7H,1-2H3. The lowest BCUT2D eigenvalue weighted by molar-refractivity contribution is 0.404. The van der Waals surface area contributed by atoms with Gasteiger partial charge in [0.25, 0.3) is 5.56 Å². The summed E-state index contributed by atoms with van der Waals surface area (Å²) in [6.07, 6.45) is 0. The Labute approximate surface area is 103 Å².